The van der Waals surface area contributed by atoms with Crippen LogP contribution in [0, 0.1) is 20.8 Å². The number of aromatic nitrogens is 4. The second kappa shape index (κ2) is 13.6. The number of fused-ring (bicyclic) bond motifs is 1. The van der Waals surface area contributed by atoms with E-state index in [1.165, 1.54) is 16.8 Å². The normalized spacial score (nSPS) is 15.4. The van der Waals surface area contributed by atoms with Crippen LogP contribution in [0.1, 0.15) is 36.7 Å². The Hall–Kier alpha value is -3.94. The van der Waals surface area contributed by atoms with Crippen LogP contribution < -0.4 is 10.2 Å². The van der Waals surface area contributed by atoms with E-state index in [4.69, 9.17) is 15.0 Å². The zero-order valence-electron chi connectivity index (χ0n) is 25.6. The lowest BCUT2D eigenvalue weighted by Gasteiger charge is -2.41. The van der Waals surface area contributed by atoms with Crippen molar-refractivity contribution in [3.8, 4) is 17.1 Å². The second-order valence-electron chi connectivity index (χ2n) is 11.4. The number of unbranched alkanes of at least 4 members (excludes halogenated alkanes) is 1. The van der Waals surface area contributed by atoms with Crippen LogP contribution in [0.25, 0.3) is 28.2 Å². The van der Waals surface area contributed by atoms with E-state index in [2.05, 4.69) is 82.9 Å². The fourth-order valence-electron chi connectivity index (χ4n) is 6.06. The summed E-state index contributed by atoms with van der Waals surface area (Å²) in [5, 5.41) is 3.61. The van der Waals surface area contributed by atoms with E-state index in [0.717, 1.165) is 85.4 Å². The number of nitrogens with zero attached hydrogens (tertiary/aromatic N) is 6. The van der Waals surface area contributed by atoms with Gasteiger partial charge >= 0.3 is 0 Å². The number of halogens is 1. The van der Waals surface area contributed by atoms with Crippen LogP contribution in [0.4, 0.5) is 11.5 Å². The molecule has 7 nitrogen and oxygen atoms in total. The van der Waals surface area contributed by atoms with Crippen LogP contribution >= 0.6 is 12.4 Å². The highest BCUT2D eigenvalue weighted by atomic mass is 35.5. The topological polar surface area (TPSA) is 62.1 Å². The van der Waals surface area contributed by atoms with E-state index < -0.39 is 0 Å². The lowest BCUT2D eigenvalue weighted by Crippen LogP contribution is -2.52. The fourth-order valence-corrected chi connectivity index (χ4v) is 6.06. The Balaban J connectivity index is 0.00000368. The SMILES string of the molecule is Cc1nc(NCCCCN2CCN(c3cccc(C)c3C)CC2C)c2nc(-c3ccccc3)n(-c3ccccc3)c2n1.Cl. The summed E-state index contributed by atoms with van der Waals surface area (Å²) in [7, 11) is 0. The molecule has 0 bridgehead atoms. The molecule has 2 aromatic heterocycles. The van der Waals surface area contributed by atoms with E-state index in [9.17, 15) is 0 Å². The highest BCUT2D eigenvalue weighted by Crippen LogP contribution is 2.31. The fraction of sp³-hybridized carbons (Fsp3) is 0.343. The smallest absolute Gasteiger partial charge is 0.170 e. The van der Waals surface area contributed by atoms with Gasteiger partial charge in [0.15, 0.2) is 17.0 Å². The average Bonchev–Trinajstić information content (AvgIpc) is 3.39. The highest BCUT2D eigenvalue weighted by Gasteiger charge is 2.24. The van der Waals surface area contributed by atoms with E-state index in [1.54, 1.807) is 0 Å². The van der Waals surface area contributed by atoms with E-state index >= 15 is 0 Å². The molecule has 3 aromatic carbocycles. The van der Waals surface area contributed by atoms with Gasteiger partial charge in [-0.05, 0) is 76.4 Å². The predicted octanol–water partition coefficient (Wildman–Crippen LogP) is 7.23. The van der Waals surface area contributed by atoms with Gasteiger partial charge in [0.25, 0.3) is 0 Å². The van der Waals surface area contributed by atoms with Crippen LogP contribution in [0.3, 0.4) is 0 Å². The lowest BCUT2D eigenvalue weighted by atomic mass is 10.1. The molecular formula is C35H42ClN7. The minimum Gasteiger partial charge on any atom is -0.368 e. The van der Waals surface area contributed by atoms with Gasteiger partial charge in [-0.1, -0.05) is 60.7 Å². The first-order valence-corrected chi connectivity index (χ1v) is 15.2. The quantitative estimate of drug-likeness (QED) is 0.181. The third-order valence-corrected chi connectivity index (χ3v) is 8.51. The molecule has 8 heteroatoms. The summed E-state index contributed by atoms with van der Waals surface area (Å²) in [4.78, 5) is 19.9. The molecule has 0 spiro atoms. The molecule has 224 valence electrons. The van der Waals surface area contributed by atoms with E-state index in [0.29, 0.717) is 6.04 Å². The number of aryl methyl sites for hydroxylation is 2. The summed E-state index contributed by atoms with van der Waals surface area (Å²) in [5.41, 5.74) is 7.88. The van der Waals surface area contributed by atoms with Gasteiger partial charge in [-0.15, -0.1) is 12.4 Å². The van der Waals surface area contributed by atoms with Crippen molar-refractivity contribution in [2.75, 3.05) is 42.9 Å². The van der Waals surface area contributed by atoms with Gasteiger partial charge in [0.2, 0.25) is 0 Å². The Morgan fingerprint density at radius 1 is 0.814 bits per heavy atom. The van der Waals surface area contributed by atoms with Gasteiger partial charge in [-0.2, -0.15) is 0 Å². The van der Waals surface area contributed by atoms with Crippen LogP contribution in [0.2, 0.25) is 0 Å². The molecule has 1 fully saturated rings. The zero-order chi connectivity index (χ0) is 29.1. The number of hydrogen-bond acceptors (Lipinski definition) is 6. The molecule has 5 aromatic rings. The number of para-hydroxylation sites is 1. The second-order valence-corrected chi connectivity index (χ2v) is 11.4. The van der Waals surface area contributed by atoms with Crippen molar-refractivity contribution in [2.45, 2.75) is 46.6 Å². The van der Waals surface area contributed by atoms with Gasteiger partial charge in [0.1, 0.15) is 11.6 Å². The summed E-state index contributed by atoms with van der Waals surface area (Å²) in [5.74, 6) is 2.41. The molecule has 1 atom stereocenters. The van der Waals surface area contributed by atoms with E-state index in [-0.39, 0.29) is 12.4 Å². The van der Waals surface area contributed by atoms with Crippen molar-refractivity contribution in [3.05, 3.63) is 95.8 Å². The molecule has 0 saturated carbocycles. The Morgan fingerprint density at radius 2 is 1.56 bits per heavy atom. The molecule has 3 heterocycles. The standard InChI is InChI=1S/C35H41N7.ClH/c1-25-14-13-19-31(27(25)3)41-23-22-40(26(2)24-41)21-12-11-20-36-33-32-35(38-28(4)37-33)42(30-17-9-6-10-18-30)34(39-32)29-15-7-5-8-16-29;/h5-10,13-19,26H,11-12,20-24H2,1-4H3,(H,36,37,38);1H. The number of anilines is 2. The zero-order valence-corrected chi connectivity index (χ0v) is 26.4. The van der Waals surface area contributed by atoms with Gasteiger partial charge in [0.05, 0.1) is 0 Å². The number of imidazole rings is 1. The first kappa shape index (κ1) is 30.5. The van der Waals surface area contributed by atoms with Crippen LogP contribution in [0.15, 0.2) is 78.9 Å². The van der Waals surface area contributed by atoms with Crippen LogP contribution in [-0.2, 0) is 0 Å². The van der Waals surface area contributed by atoms with Gasteiger partial charge < -0.3 is 10.2 Å². The largest absolute Gasteiger partial charge is 0.368 e. The highest BCUT2D eigenvalue weighted by molar-refractivity contribution is 5.88. The number of piperazine rings is 1. The Kier molecular flexibility index (Phi) is 9.63. The molecule has 0 aliphatic carbocycles. The Bertz CT molecular complexity index is 1650. The summed E-state index contributed by atoms with van der Waals surface area (Å²) >= 11 is 0. The van der Waals surface area contributed by atoms with Crippen molar-refractivity contribution in [1.82, 2.24) is 24.4 Å². The Labute approximate surface area is 261 Å². The van der Waals surface area contributed by atoms with Crippen molar-refractivity contribution in [2.24, 2.45) is 0 Å². The van der Waals surface area contributed by atoms with Crippen molar-refractivity contribution < 1.29 is 0 Å². The van der Waals surface area contributed by atoms with E-state index in [1.807, 2.05) is 43.3 Å². The summed E-state index contributed by atoms with van der Waals surface area (Å²) in [6.07, 6.45) is 2.21. The van der Waals surface area contributed by atoms with Crippen molar-refractivity contribution >= 4 is 35.1 Å². The number of benzene rings is 3. The molecule has 0 amide bonds. The van der Waals surface area contributed by atoms with Gasteiger partial charge in [-0.25, -0.2) is 15.0 Å². The predicted molar refractivity (Wildman–Crippen MR) is 181 cm³/mol. The molecule has 6 rings (SSSR count). The van der Waals surface area contributed by atoms with Crippen LogP contribution in [-0.4, -0.2) is 63.2 Å². The molecule has 43 heavy (non-hydrogen) atoms. The average molecular weight is 596 g/mol. The maximum Gasteiger partial charge on any atom is 0.170 e. The molecule has 1 aliphatic heterocycles. The van der Waals surface area contributed by atoms with Crippen molar-refractivity contribution in [3.63, 3.8) is 0 Å². The Morgan fingerprint density at radius 3 is 2.30 bits per heavy atom. The van der Waals surface area contributed by atoms with Gasteiger partial charge in [0, 0.05) is 49.2 Å². The molecule has 1 N–H and O–H groups in total. The van der Waals surface area contributed by atoms with Gasteiger partial charge in [-0.3, -0.25) is 9.47 Å². The minimum absolute atomic E-state index is 0. The molecule has 1 saturated heterocycles. The lowest BCUT2D eigenvalue weighted by molar-refractivity contribution is 0.186. The third-order valence-electron chi connectivity index (χ3n) is 8.51. The summed E-state index contributed by atoms with van der Waals surface area (Å²) < 4.78 is 2.14. The molecule has 1 aliphatic rings. The monoisotopic (exact) mass is 595 g/mol. The maximum absolute atomic E-state index is 5.09. The molecular weight excluding hydrogens is 554 g/mol. The number of hydrogen-bond donors (Lipinski definition) is 1. The van der Waals surface area contributed by atoms with Crippen molar-refractivity contribution in [1.29, 1.82) is 0 Å². The summed E-state index contributed by atoms with van der Waals surface area (Å²) in [6.45, 7) is 14.0. The number of nitrogens with one attached hydrogen (secondary N) is 1. The first-order valence-electron chi connectivity index (χ1n) is 15.2. The first-order chi connectivity index (χ1) is 20.5. The molecule has 1 unspecified atom stereocenters. The maximum atomic E-state index is 5.09. The minimum atomic E-state index is 0. The van der Waals surface area contributed by atoms with Crippen LogP contribution in [0.5, 0.6) is 0 Å². The number of rotatable bonds is 9. The third kappa shape index (κ3) is 6.53. The molecule has 0 radical (unpaired) electrons. The summed E-state index contributed by atoms with van der Waals surface area (Å²) in [6, 6.07) is 27.8.